The van der Waals surface area contributed by atoms with E-state index in [1.807, 2.05) is 37.3 Å². The van der Waals surface area contributed by atoms with E-state index >= 15 is 0 Å². The molecule has 1 fully saturated rings. The van der Waals surface area contributed by atoms with E-state index < -0.39 is 0 Å². The van der Waals surface area contributed by atoms with Crippen LogP contribution in [-0.2, 0) is 6.42 Å². The van der Waals surface area contributed by atoms with Gasteiger partial charge in [0.2, 0.25) is 0 Å². The van der Waals surface area contributed by atoms with Crippen molar-refractivity contribution in [2.24, 2.45) is 5.92 Å². The molecule has 0 radical (unpaired) electrons. The summed E-state index contributed by atoms with van der Waals surface area (Å²) in [5, 5.41) is 10.4. The van der Waals surface area contributed by atoms with Gasteiger partial charge in [-0.25, -0.2) is 0 Å². The molecule has 0 saturated carbocycles. The van der Waals surface area contributed by atoms with Gasteiger partial charge < -0.3 is 10.2 Å². The summed E-state index contributed by atoms with van der Waals surface area (Å²) in [4.78, 5) is 15.3. The van der Waals surface area contributed by atoms with Crippen molar-refractivity contribution in [2.45, 2.75) is 26.2 Å². The van der Waals surface area contributed by atoms with Crippen LogP contribution in [0.25, 0.3) is 11.3 Å². The molecule has 0 unspecified atom stereocenters. The van der Waals surface area contributed by atoms with Crippen LogP contribution in [-0.4, -0.2) is 47.2 Å². The van der Waals surface area contributed by atoms with Crippen molar-refractivity contribution in [1.82, 2.24) is 20.4 Å². The van der Waals surface area contributed by atoms with E-state index in [0.717, 1.165) is 42.9 Å². The fourth-order valence-electron chi connectivity index (χ4n) is 4.27. The lowest BCUT2D eigenvalue weighted by Crippen LogP contribution is -2.41. The highest BCUT2D eigenvalue weighted by Gasteiger charge is 2.22. The number of carbonyl (C=O) groups is 1. The third-order valence-electron chi connectivity index (χ3n) is 6.00. The number of hydrogen-bond donors (Lipinski definition) is 2. The Morgan fingerprint density at radius 1 is 1.13 bits per heavy atom. The second-order valence-corrected chi connectivity index (χ2v) is 8.19. The van der Waals surface area contributed by atoms with E-state index in [0.29, 0.717) is 18.2 Å². The number of hydrogen-bond acceptors (Lipinski definition) is 3. The molecule has 3 aromatic rings. The molecular formula is C25H30N4O. The van der Waals surface area contributed by atoms with Crippen LogP contribution >= 0.6 is 0 Å². The van der Waals surface area contributed by atoms with Crippen LogP contribution in [0.1, 0.15) is 34.5 Å². The van der Waals surface area contributed by atoms with Crippen LogP contribution in [0.3, 0.4) is 0 Å². The predicted molar refractivity (Wildman–Crippen MR) is 120 cm³/mol. The van der Waals surface area contributed by atoms with Crippen molar-refractivity contribution in [3.8, 4) is 11.3 Å². The van der Waals surface area contributed by atoms with Crippen LogP contribution in [0.2, 0.25) is 0 Å². The van der Waals surface area contributed by atoms with Gasteiger partial charge >= 0.3 is 0 Å². The second kappa shape index (κ2) is 9.72. The number of rotatable bonds is 7. The van der Waals surface area contributed by atoms with Crippen LogP contribution in [0, 0.1) is 12.8 Å². The molecule has 1 amide bonds. The third kappa shape index (κ3) is 4.97. The molecule has 0 aliphatic carbocycles. The Morgan fingerprint density at radius 3 is 2.63 bits per heavy atom. The lowest BCUT2D eigenvalue weighted by molar-refractivity contribution is 0.0927. The first kappa shape index (κ1) is 20.4. The fraction of sp³-hybridized carbons (Fsp3) is 0.360. The summed E-state index contributed by atoms with van der Waals surface area (Å²) in [5.74, 6) is 0.430. The Balaban J connectivity index is 1.29. The summed E-state index contributed by atoms with van der Waals surface area (Å²) in [6, 6.07) is 20.6. The minimum atomic E-state index is -0.0661. The standard InChI is InChI=1S/C25H30N4O/c1-19-23(22-12-6-3-7-13-22)27-28-24(19)25(30)26-17-21-11-8-15-29(18-21)16-14-20-9-4-2-5-10-20/h2-7,9-10,12-13,21H,8,11,14-18H2,1H3,(H,26,30)(H,27,28)/t21-/m1/s1. The topological polar surface area (TPSA) is 61.0 Å². The monoisotopic (exact) mass is 402 g/mol. The second-order valence-electron chi connectivity index (χ2n) is 8.19. The van der Waals surface area contributed by atoms with Crippen LogP contribution < -0.4 is 5.32 Å². The van der Waals surface area contributed by atoms with Gasteiger partial charge in [-0.15, -0.1) is 0 Å². The molecule has 5 heteroatoms. The Hall–Kier alpha value is -2.92. The lowest BCUT2D eigenvalue weighted by atomic mass is 9.97. The number of aromatic nitrogens is 2. The number of likely N-dealkylation sites (tertiary alicyclic amines) is 1. The molecule has 1 aromatic heterocycles. The van der Waals surface area contributed by atoms with E-state index in [2.05, 4.69) is 50.7 Å². The average Bonchev–Trinajstić information content (AvgIpc) is 3.19. The Morgan fingerprint density at radius 2 is 1.87 bits per heavy atom. The molecule has 2 heterocycles. The third-order valence-corrected chi connectivity index (χ3v) is 6.00. The van der Waals surface area contributed by atoms with E-state index in [9.17, 15) is 4.79 Å². The van der Waals surface area contributed by atoms with Crippen molar-refractivity contribution in [1.29, 1.82) is 0 Å². The highest BCUT2D eigenvalue weighted by molar-refractivity contribution is 5.95. The van der Waals surface area contributed by atoms with Gasteiger partial charge in [0.05, 0.1) is 5.69 Å². The number of H-pyrrole nitrogens is 1. The van der Waals surface area contributed by atoms with Crippen molar-refractivity contribution in [3.05, 3.63) is 77.5 Å². The largest absolute Gasteiger partial charge is 0.350 e. The first-order valence-electron chi connectivity index (χ1n) is 10.9. The molecule has 5 nitrogen and oxygen atoms in total. The highest BCUT2D eigenvalue weighted by Crippen LogP contribution is 2.23. The number of piperidine rings is 1. The lowest BCUT2D eigenvalue weighted by Gasteiger charge is -2.32. The van der Waals surface area contributed by atoms with Gasteiger partial charge in [0.1, 0.15) is 5.69 Å². The Bertz CT molecular complexity index is 952. The van der Waals surface area contributed by atoms with E-state index in [1.54, 1.807) is 0 Å². The van der Waals surface area contributed by atoms with Gasteiger partial charge in [0, 0.05) is 30.8 Å². The molecule has 1 aliphatic heterocycles. The van der Waals surface area contributed by atoms with Crippen molar-refractivity contribution >= 4 is 5.91 Å². The predicted octanol–water partition coefficient (Wildman–Crippen LogP) is 4.07. The first-order valence-corrected chi connectivity index (χ1v) is 10.9. The molecule has 2 N–H and O–H groups in total. The molecule has 0 spiro atoms. The number of benzene rings is 2. The Kier molecular flexibility index (Phi) is 6.60. The fourth-order valence-corrected chi connectivity index (χ4v) is 4.27. The maximum Gasteiger partial charge on any atom is 0.269 e. The summed E-state index contributed by atoms with van der Waals surface area (Å²) in [6.45, 7) is 5.93. The molecule has 1 saturated heterocycles. The number of carbonyl (C=O) groups excluding carboxylic acids is 1. The molecule has 0 bridgehead atoms. The summed E-state index contributed by atoms with van der Waals surface area (Å²) in [5.41, 5.74) is 4.70. The number of amides is 1. The molecule has 1 aliphatic rings. The van der Waals surface area contributed by atoms with Gasteiger partial charge in [0.25, 0.3) is 5.91 Å². The van der Waals surface area contributed by atoms with Crippen LogP contribution in [0.15, 0.2) is 60.7 Å². The van der Waals surface area contributed by atoms with Gasteiger partial charge in [-0.3, -0.25) is 9.89 Å². The maximum atomic E-state index is 12.7. The quantitative estimate of drug-likeness (QED) is 0.626. The molecule has 1 atom stereocenters. The zero-order valence-corrected chi connectivity index (χ0v) is 17.6. The molecule has 156 valence electrons. The van der Waals surface area contributed by atoms with Crippen molar-refractivity contribution in [2.75, 3.05) is 26.2 Å². The minimum absolute atomic E-state index is 0.0661. The molecular weight excluding hydrogens is 372 g/mol. The van der Waals surface area contributed by atoms with Crippen molar-refractivity contribution < 1.29 is 4.79 Å². The highest BCUT2D eigenvalue weighted by atomic mass is 16.1. The van der Waals surface area contributed by atoms with Crippen LogP contribution in [0.5, 0.6) is 0 Å². The van der Waals surface area contributed by atoms with E-state index in [4.69, 9.17) is 0 Å². The van der Waals surface area contributed by atoms with E-state index in [1.165, 1.54) is 18.4 Å². The number of aromatic amines is 1. The maximum absolute atomic E-state index is 12.7. The smallest absolute Gasteiger partial charge is 0.269 e. The normalized spacial score (nSPS) is 17.0. The van der Waals surface area contributed by atoms with Gasteiger partial charge in [-0.2, -0.15) is 5.10 Å². The summed E-state index contributed by atoms with van der Waals surface area (Å²) in [6.07, 6.45) is 3.44. The summed E-state index contributed by atoms with van der Waals surface area (Å²) in [7, 11) is 0. The first-order chi connectivity index (χ1) is 14.7. The molecule has 2 aromatic carbocycles. The van der Waals surface area contributed by atoms with Crippen molar-refractivity contribution in [3.63, 3.8) is 0 Å². The van der Waals surface area contributed by atoms with E-state index in [-0.39, 0.29) is 5.91 Å². The average molecular weight is 403 g/mol. The van der Waals surface area contributed by atoms with Crippen LogP contribution in [0.4, 0.5) is 0 Å². The summed E-state index contributed by atoms with van der Waals surface area (Å²) >= 11 is 0. The minimum Gasteiger partial charge on any atom is -0.350 e. The zero-order valence-electron chi connectivity index (χ0n) is 17.6. The zero-order chi connectivity index (χ0) is 20.8. The molecule has 4 rings (SSSR count). The Labute approximate surface area is 178 Å². The van der Waals surface area contributed by atoms with Gasteiger partial charge in [0.15, 0.2) is 0 Å². The molecule has 30 heavy (non-hydrogen) atoms. The SMILES string of the molecule is Cc1c(-c2ccccc2)n[nH]c1C(=O)NC[C@H]1CCCN(CCc2ccccc2)C1. The summed E-state index contributed by atoms with van der Waals surface area (Å²) < 4.78 is 0. The van der Waals surface area contributed by atoms with Gasteiger partial charge in [-0.1, -0.05) is 60.7 Å². The van der Waals surface area contributed by atoms with Gasteiger partial charge in [-0.05, 0) is 44.2 Å². The number of nitrogens with one attached hydrogen (secondary N) is 2. The number of nitrogens with zero attached hydrogens (tertiary/aromatic N) is 2.